The minimum atomic E-state index is -0.0446. The number of aryl methyl sites for hydroxylation is 1. The number of halogens is 1. The number of aromatic nitrogens is 1. The van der Waals surface area contributed by atoms with Crippen LogP contribution in [0.5, 0.6) is 0 Å². The van der Waals surface area contributed by atoms with Crippen molar-refractivity contribution in [1.29, 1.82) is 0 Å². The highest BCUT2D eigenvalue weighted by atomic mass is 35.5. The van der Waals surface area contributed by atoms with Gasteiger partial charge in [-0.05, 0) is 23.9 Å². The molecule has 0 aliphatic rings. The predicted octanol–water partition coefficient (Wildman–Crippen LogP) is 2.26. The standard InChI is InChI=1S/C10H9NO.ClH/c1-7-3-2-4-8-5-6-9(12)11-10(7)8;/h2-6H,1H3,(H,11,12);1H. The Bertz CT molecular complexity index is 476. The Balaban J connectivity index is 0.000000845. The number of para-hydroxylation sites is 1. The summed E-state index contributed by atoms with van der Waals surface area (Å²) >= 11 is 0. The normalized spacial score (nSPS) is 9.62. The Morgan fingerprint density at radius 3 is 2.69 bits per heavy atom. The Labute approximate surface area is 82.0 Å². The molecule has 0 unspecified atom stereocenters. The third-order valence-corrected chi connectivity index (χ3v) is 1.97. The van der Waals surface area contributed by atoms with E-state index in [1.165, 1.54) is 0 Å². The van der Waals surface area contributed by atoms with E-state index in [-0.39, 0.29) is 18.0 Å². The number of fused-ring (bicyclic) bond motifs is 1. The lowest BCUT2D eigenvalue weighted by Gasteiger charge is -1.99. The topological polar surface area (TPSA) is 32.9 Å². The van der Waals surface area contributed by atoms with E-state index in [2.05, 4.69) is 4.98 Å². The van der Waals surface area contributed by atoms with Crippen LogP contribution >= 0.6 is 12.4 Å². The summed E-state index contributed by atoms with van der Waals surface area (Å²) in [6.07, 6.45) is 0. The lowest BCUT2D eigenvalue weighted by atomic mass is 10.1. The van der Waals surface area contributed by atoms with Gasteiger partial charge in [0.1, 0.15) is 0 Å². The fourth-order valence-electron chi connectivity index (χ4n) is 1.33. The molecule has 2 nitrogen and oxygen atoms in total. The van der Waals surface area contributed by atoms with E-state index in [0.29, 0.717) is 0 Å². The molecule has 0 amide bonds. The summed E-state index contributed by atoms with van der Waals surface area (Å²) in [6.45, 7) is 1.98. The van der Waals surface area contributed by atoms with Gasteiger partial charge in [0, 0.05) is 6.07 Å². The third kappa shape index (κ3) is 1.73. The predicted molar refractivity (Wildman–Crippen MR) is 56.6 cm³/mol. The van der Waals surface area contributed by atoms with E-state index in [1.807, 2.05) is 31.2 Å². The molecule has 1 N–H and O–H groups in total. The molecule has 68 valence electrons. The average molecular weight is 196 g/mol. The van der Waals surface area contributed by atoms with Gasteiger partial charge in [-0.25, -0.2) is 0 Å². The summed E-state index contributed by atoms with van der Waals surface area (Å²) in [4.78, 5) is 13.8. The number of rotatable bonds is 0. The smallest absolute Gasteiger partial charge is 0.248 e. The van der Waals surface area contributed by atoms with Crippen molar-refractivity contribution in [3.8, 4) is 0 Å². The van der Waals surface area contributed by atoms with Gasteiger partial charge < -0.3 is 4.98 Å². The molecular weight excluding hydrogens is 186 g/mol. The molecule has 2 rings (SSSR count). The van der Waals surface area contributed by atoms with Crippen LogP contribution in [0.15, 0.2) is 35.1 Å². The molecule has 1 aromatic heterocycles. The van der Waals surface area contributed by atoms with Crippen LogP contribution in [0.25, 0.3) is 10.9 Å². The van der Waals surface area contributed by atoms with E-state index >= 15 is 0 Å². The second kappa shape index (κ2) is 3.62. The van der Waals surface area contributed by atoms with Gasteiger partial charge in [0.05, 0.1) is 5.52 Å². The largest absolute Gasteiger partial charge is 0.322 e. The number of nitrogens with one attached hydrogen (secondary N) is 1. The molecule has 13 heavy (non-hydrogen) atoms. The van der Waals surface area contributed by atoms with E-state index < -0.39 is 0 Å². The van der Waals surface area contributed by atoms with Crippen LogP contribution in [0, 0.1) is 6.92 Å². The highest BCUT2D eigenvalue weighted by Crippen LogP contribution is 2.12. The molecule has 3 heteroatoms. The zero-order valence-electron chi connectivity index (χ0n) is 7.20. The van der Waals surface area contributed by atoms with Crippen molar-refractivity contribution in [2.75, 3.05) is 0 Å². The van der Waals surface area contributed by atoms with Gasteiger partial charge >= 0.3 is 0 Å². The van der Waals surface area contributed by atoms with Crippen LogP contribution in [0.3, 0.4) is 0 Å². The van der Waals surface area contributed by atoms with Gasteiger partial charge in [-0.15, -0.1) is 12.4 Å². The van der Waals surface area contributed by atoms with Crippen molar-refractivity contribution >= 4 is 23.3 Å². The third-order valence-electron chi connectivity index (χ3n) is 1.97. The molecule has 2 aromatic rings. The lowest BCUT2D eigenvalue weighted by Crippen LogP contribution is -2.02. The van der Waals surface area contributed by atoms with Gasteiger partial charge in [-0.2, -0.15) is 0 Å². The van der Waals surface area contributed by atoms with Crippen molar-refractivity contribution in [2.24, 2.45) is 0 Å². The van der Waals surface area contributed by atoms with Crippen LogP contribution in [0.4, 0.5) is 0 Å². The molecule has 1 heterocycles. The molecule has 0 aliphatic carbocycles. The van der Waals surface area contributed by atoms with Gasteiger partial charge in [-0.1, -0.05) is 18.2 Å². The number of H-pyrrole nitrogens is 1. The Morgan fingerprint density at radius 1 is 1.15 bits per heavy atom. The number of pyridine rings is 1. The fraction of sp³-hybridized carbons (Fsp3) is 0.100. The maximum Gasteiger partial charge on any atom is 0.248 e. The van der Waals surface area contributed by atoms with Crippen molar-refractivity contribution in [3.63, 3.8) is 0 Å². The van der Waals surface area contributed by atoms with Crippen LogP contribution in [-0.4, -0.2) is 4.98 Å². The zero-order valence-corrected chi connectivity index (χ0v) is 8.02. The highest BCUT2D eigenvalue weighted by molar-refractivity contribution is 5.85. The number of hydrogen-bond donors (Lipinski definition) is 1. The van der Waals surface area contributed by atoms with E-state index in [1.54, 1.807) is 6.07 Å². The summed E-state index contributed by atoms with van der Waals surface area (Å²) in [7, 11) is 0. The quantitative estimate of drug-likeness (QED) is 0.687. The Hall–Kier alpha value is -1.28. The first-order chi connectivity index (χ1) is 5.77. The molecule has 0 fully saturated rings. The van der Waals surface area contributed by atoms with Gasteiger partial charge in [-0.3, -0.25) is 4.79 Å². The minimum absolute atomic E-state index is 0. The Kier molecular flexibility index (Phi) is 2.73. The SMILES string of the molecule is Cc1cccc2ccc(=O)[nH]c12.Cl. The molecule has 0 saturated carbocycles. The first kappa shape index (κ1) is 9.81. The van der Waals surface area contributed by atoms with Gasteiger partial charge in [0.2, 0.25) is 5.56 Å². The molecule has 0 spiro atoms. The van der Waals surface area contributed by atoms with Crippen LogP contribution in [-0.2, 0) is 0 Å². The Morgan fingerprint density at radius 2 is 1.92 bits per heavy atom. The van der Waals surface area contributed by atoms with Crippen LogP contribution in [0.1, 0.15) is 5.56 Å². The highest BCUT2D eigenvalue weighted by Gasteiger charge is 1.95. The van der Waals surface area contributed by atoms with Gasteiger partial charge in [0.25, 0.3) is 0 Å². The summed E-state index contributed by atoms with van der Waals surface area (Å²) < 4.78 is 0. The lowest BCUT2D eigenvalue weighted by molar-refractivity contribution is 1.28. The second-order valence-corrected chi connectivity index (χ2v) is 2.86. The van der Waals surface area contributed by atoms with Crippen LogP contribution in [0.2, 0.25) is 0 Å². The monoisotopic (exact) mass is 195 g/mol. The molecule has 0 atom stereocenters. The number of aromatic amines is 1. The van der Waals surface area contributed by atoms with E-state index in [0.717, 1.165) is 16.5 Å². The average Bonchev–Trinajstić information content (AvgIpc) is 2.07. The molecule has 0 saturated heterocycles. The minimum Gasteiger partial charge on any atom is -0.322 e. The zero-order chi connectivity index (χ0) is 8.55. The maximum atomic E-state index is 11.0. The van der Waals surface area contributed by atoms with Crippen molar-refractivity contribution in [3.05, 3.63) is 46.2 Å². The molecule has 1 aromatic carbocycles. The maximum absolute atomic E-state index is 11.0. The first-order valence-corrected chi connectivity index (χ1v) is 3.86. The summed E-state index contributed by atoms with van der Waals surface area (Å²) in [5.74, 6) is 0. The summed E-state index contributed by atoms with van der Waals surface area (Å²) in [5, 5.41) is 1.08. The fourth-order valence-corrected chi connectivity index (χ4v) is 1.33. The second-order valence-electron chi connectivity index (χ2n) is 2.86. The number of benzene rings is 1. The van der Waals surface area contributed by atoms with Crippen molar-refractivity contribution in [2.45, 2.75) is 6.92 Å². The summed E-state index contributed by atoms with van der Waals surface area (Å²) in [5.41, 5.74) is 1.99. The van der Waals surface area contributed by atoms with Crippen molar-refractivity contribution in [1.82, 2.24) is 4.98 Å². The molecule has 0 bridgehead atoms. The van der Waals surface area contributed by atoms with E-state index in [4.69, 9.17) is 0 Å². The van der Waals surface area contributed by atoms with Gasteiger partial charge in [0.15, 0.2) is 0 Å². The van der Waals surface area contributed by atoms with E-state index in [9.17, 15) is 4.79 Å². The number of hydrogen-bond acceptors (Lipinski definition) is 1. The molecular formula is C10H10ClNO. The molecule has 0 aliphatic heterocycles. The molecule has 0 radical (unpaired) electrons. The first-order valence-electron chi connectivity index (χ1n) is 3.86. The van der Waals surface area contributed by atoms with Crippen LogP contribution < -0.4 is 5.56 Å². The van der Waals surface area contributed by atoms with Crippen molar-refractivity contribution < 1.29 is 0 Å². The summed E-state index contributed by atoms with van der Waals surface area (Å²) in [6, 6.07) is 9.33.